The van der Waals surface area contributed by atoms with E-state index >= 15 is 0 Å². The third-order valence-corrected chi connectivity index (χ3v) is 5.74. The highest BCUT2D eigenvalue weighted by atomic mass is 15.1. The van der Waals surface area contributed by atoms with Gasteiger partial charge in [-0.15, -0.1) is 0 Å². The van der Waals surface area contributed by atoms with Crippen molar-refractivity contribution >= 4 is 0 Å². The third kappa shape index (κ3) is 6.23. The van der Waals surface area contributed by atoms with Crippen molar-refractivity contribution in [2.45, 2.75) is 53.6 Å². The van der Waals surface area contributed by atoms with E-state index in [0.29, 0.717) is 5.92 Å². The molecular formula is C26H33N3. The van der Waals surface area contributed by atoms with E-state index in [4.69, 9.17) is 0 Å². The fourth-order valence-corrected chi connectivity index (χ4v) is 3.71. The molecule has 3 heteroatoms. The van der Waals surface area contributed by atoms with Crippen molar-refractivity contribution in [2.75, 3.05) is 6.54 Å². The molecule has 2 aromatic heterocycles. The molecule has 0 N–H and O–H groups in total. The number of benzene rings is 1. The fraction of sp³-hybridized carbons (Fsp3) is 0.385. The van der Waals surface area contributed by atoms with Crippen molar-refractivity contribution in [1.29, 1.82) is 0 Å². The third-order valence-electron chi connectivity index (χ3n) is 5.74. The average molecular weight is 388 g/mol. The van der Waals surface area contributed by atoms with Gasteiger partial charge in [0.05, 0.1) is 5.69 Å². The molecule has 3 nitrogen and oxygen atoms in total. The van der Waals surface area contributed by atoms with E-state index in [1.54, 1.807) is 0 Å². The Morgan fingerprint density at radius 3 is 2.03 bits per heavy atom. The van der Waals surface area contributed by atoms with Gasteiger partial charge < -0.3 is 0 Å². The van der Waals surface area contributed by atoms with Crippen LogP contribution in [-0.2, 0) is 19.5 Å². The molecule has 0 aliphatic rings. The molecule has 0 saturated carbocycles. The van der Waals surface area contributed by atoms with Gasteiger partial charge in [0.15, 0.2) is 0 Å². The minimum atomic E-state index is 0.591. The zero-order chi connectivity index (χ0) is 20.6. The highest BCUT2D eigenvalue weighted by Gasteiger charge is 2.14. The number of aryl methyl sites for hydroxylation is 3. The molecule has 0 aliphatic carbocycles. The van der Waals surface area contributed by atoms with Gasteiger partial charge in [-0.1, -0.05) is 43.3 Å². The summed E-state index contributed by atoms with van der Waals surface area (Å²) in [5, 5.41) is 0. The van der Waals surface area contributed by atoms with Crippen LogP contribution in [0.25, 0.3) is 0 Å². The molecule has 0 unspecified atom stereocenters. The van der Waals surface area contributed by atoms with E-state index in [1.165, 1.54) is 33.6 Å². The second-order valence-corrected chi connectivity index (χ2v) is 8.27. The molecule has 0 bridgehead atoms. The van der Waals surface area contributed by atoms with E-state index in [1.807, 2.05) is 24.5 Å². The Hall–Kier alpha value is -2.52. The lowest BCUT2D eigenvalue weighted by Gasteiger charge is -2.25. The number of hydrogen-bond donors (Lipinski definition) is 0. The highest BCUT2D eigenvalue weighted by molar-refractivity contribution is 5.26. The van der Waals surface area contributed by atoms with Gasteiger partial charge >= 0.3 is 0 Å². The molecule has 0 spiro atoms. The van der Waals surface area contributed by atoms with Crippen LogP contribution < -0.4 is 0 Å². The Morgan fingerprint density at radius 1 is 0.759 bits per heavy atom. The molecule has 1 atom stereocenters. The lowest BCUT2D eigenvalue weighted by Crippen LogP contribution is -2.27. The number of rotatable bonds is 9. The maximum absolute atomic E-state index is 4.64. The van der Waals surface area contributed by atoms with Crippen molar-refractivity contribution in [3.8, 4) is 0 Å². The van der Waals surface area contributed by atoms with Crippen LogP contribution in [0.5, 0.6) is 0 Å². The first kappa shape index (κ1) is 21.2. The summed E-state index contributed by atoms with van der Waals surface area (Å²) in [6.07, 6.45) is 5.99. The second-order valence-electron chi connectivity index (χ2n) is 8.27. The summed E-state index contributed by atoms with van der Waals surface area (Å²) >= 11 is 0. The van der Waals surface area contributed by atoms with Gasteiger partial charge in [-0.3, -0.25) is 14.9 Å². The standard InChI is InChI=1S/C26H33N3/c1-20(17-25-22(3)10-7-14-27-25)13-16-29(18-24-12-6-5-9-21(24)2)19-26-23(4)11-8-15-28-26/h5-12,14-15,20H,13,16-19H2,1-4H3/t20-/m0/s1. The Balaban J connectivity index is 1.68. The van der Waals surface area contributed by atoms with Crippen LogP contribution in [0, 0.1) is 26.7 Å². The first-order chi connectivity index (χ1) is 14.0. The first-order valence-electron chi connectivity index (χ1n) is 10.6. The molecular weight excluding hydrogens is 354 g/mol. The maximum Gasteiger partial charge on any atom is 0.0573 e. The van der Waals surface area contributed by atoms with Crippen LogP contribution in [0.2, 0.25) is 0 Å². The zero-order valence-corrected chi connectivity index (χ0v) is 18.2. The molecule has 0 aliphatic heterocycles. The van der Waals surface area contributed by atoms with Crippen LogP contribution in [0.3, 0.4) is 0 Å². The second kappa shape index (κ2) is 10.3. The average Bonchev–Trinajstić information content (AvgIpc) is 2.71. The van der Waals surface area contributed by atoms with Crippen molar-refractivity contribution in [1.82, 2.24) is 14.9 Å². The molecule has 2 heterocycles. The van der Waals surface area contributed by atoms with Crippen LogP contribution in [-0.4, -0.2) is 21.4 Å². The predicted octanol–water partition coefficient (Wildman–Crippen LogP) is 5.67. The monoisotopic (exact) mass is 387 g/mol. The lowest BCUT2D eigenvalue weighted by atomic mass is 9.98. The van der Waals surface area contributed by atoms with Gasteiger partial charge in [-0.05, 0) is 80.5 Å². The minimum absolute atomic E-state index is 0.591. The van der Waals surface area contributed by atoms with E-state index in [0.717, 1.165) is 32.5 Å². The lowest BCUT2D eigenvalue weighted by molar-refractivity contribution is 0.234. The van der Waals surface area contributed by atoms with E-state index in [2.05, 4.69) is 79.0 Å². The molecule has 0 radical (unpaired) electrons. The fourth-order valence-electron chi connectivity index (χ4n) is 3.71. The Kier molecular flexibility index (Phi) is 7.54. The summed E-state index contributed by atoms with van der Waals surface area (Å²) in [6.45, 7) is 11.7. The number of nitrogens with zero attached hydrogens (tertiary/aromatic N) is 3. The van der Waals surface area contributed by atoms with E-state index in [9.17, 15) is 0 Å². The summed E-state index contributed by atoms with van der Waals surface area (Å²) in [5.41, 5.74) is 7.71. The summed E-state index contributed by atoms with van der Waals surface area (Å²) in [5.74, 6) is 0.591. The quantitative estimate of drug-likeness (QED) is 0.473. The largest absolute Gasteiger partial charge is 0.293 e. The van der Waals surface area contributed by atoms with Crippen LogP contribution >= 0.6 is 0 Å². The molecule has 3 rings (SSSR count). The zero-order valence-electron chi connectivity index (χ0n) is 18.2. The Morgan fingerprint density at radius 2 is 1.38 bits per heavy atom. The SMILES string of the molecule is Cc1ccccc1CN(CC[C@H](C)Cc1ncccc1C)Cc1ncccc1C. The van der Waals surface area contributed by atoms with Crippen molar-refractivity contribution in [3.63, 3.8) is 0 Å². The van der Waals surface area contributed by atoms with E-state index in [-0.39, 0.29) is 0 Å². The number of aromatic nitrogens is 2. The molecule has 3 aromatic rings. The van der Waals surface area contributed by atoms with Gasteiger partial charge in [0, 0.05) is 31.2 Å². The summed E-state index contributed by atoms with van der Waals surface area (Å²) in [6, 6.07) is 17.0. The van der Waals surface area contributed by atoms with Crippen molar-refractivity contribution in [3.05, 3.63) is 94.6 Å². The Bertz CT molecular complexity index is 872. The summed E-state index contributed by atoms with van der Waals surface area (Å²) < 4.78 is 0. The Labute approximate surface area is 175 Å². The topological polar surface area (TPSA) is 29.0 Å². The van der Waals surface area contributed by atoms with Crippen molar-refractivity contribution in [2.24, 2.45) is 5.92 Å². The maximum atomic E-state index is 4.64. The van der Waals surface area contributed by atoms with Crippen LogP contribution in [0.15, 0.2) is 60.9 Å². The van der Waals surface area contributed by atoms with Crippen LogP contribution in [0.4, 0.5) is 0 Å². The predicted molar refractivity (Wildman–Crippen MR) is 121 cm³/mol. The van der Waals surface area contributed by atoms with Crippen LogP contribution in [0.1, 0.15) is 47.0 Å². The summed E-state index contributed by atoms with van der Waals surface area (Å²) in [7, 11) is 0. The summed E-state index contributed by atoms with van der Waals surface area (Å²) in [4.78, 5) is 11.8. The van der Waals surface area contributed by atoms with Gasteiger partial charge in [0.2, 0.25) is 0 Å². The minimum Gasteiger partial charge on any atom is -0.293 e. The number of pyridine rings is 2. The normalized spacial score (nSPS) is 12.3. The van der Waals surface area contributed by atoms with Gasteiger partial charge in [-0.2, -0.15) is 0 Å². The smallest absolute Gasteiger partial charge is 0.0573 e. The molecule has 0 amide bonds. The first-order valence-corrected chi connectivity index (χ1v) is 10.6. The van der Waals surface area contributed by atoms with Gasteiger partial charge in [0.1, 0.15) is 0 Å². The highest BCUT2D eigenvalue weighted by Crippen LogP contribution is 2.18. The molecule has 152 valence electrons. The number of hydrogen-bond acceptors (Lipinski definition) is 3. The van der Waals surface area contributed by atoms with E-state index < -0.39 is 0 Å². The van der Waals surface area contributed by atoms with Gasteiger partial charge in [-0.25, -0.2) is 0 Å². The molecule has 1 aromatic carbocycles. The molecule has 0 fully saturated rings. The van der Waals surface area contributed by atoms with Gasteiger partial charge in [0.25, 0.3) is 0 Å². The molecule has 0 saturated heterocycles. The van der Waals surface area contributed by atoms with Crippen molar-refractivity contribution < 1.29 is 0 Å². The molecule has 29 heavy (non-hydrogen) atoms.